The largest absolute Gasteiger partial charge is 0.497 e. The van der Waals surface area contributed by atoms with E-state index in [0.717, 1.165) is 22.1 Å². The van der Waals surface area contributed by atoms with Crippen LogP contribution in [-0.2, 0) is 5.75 Å². The summed E-state index contributed by atoms with van der Waals surface area (Å²) < 4.78 is 5.07. The molecule has 0 saturated heterocycles. The van der Waals surface area contributed by atoms with Crippen LogP contribution in [0.2, 0.25) is 5.02 Å². The Balaban J connectivity index is 1.83. The molecule has 20 heavy (non-hydrogen) atoms. The number of hydrogen-bond donors (Lipinski definition) is 0. The van der Waals surface area contributed by atoms with E-state index in [1.165, 1.54) is 5.56 Å². The zero-order valence-corrected chi connectivity index (χ0v) is 12.7. The number of thioether (sulfide) groups is 1. The number of benzene rings is 2. The molecule has 0 heterocycles. The van der Waals surface area contributed by atoms with Crippen LogP contribution in [-0.4, -0.2) is 18.6 Å². The fourth-order valence-electron chi connectivity index (χ4n) is 1.70. The van der Waals surface area contributed by atoms with Gasteiger partial charge in [0.2, 0.25) is 0 Å². The quantitative estimate of drug-likeness (QED) is 0.737. The van der Waals surface area contributed by atoms with Crippen molar-refractivity contribution in [3.05, 3.63) is 64.7 Å². The zero-order valence-electron chi connectivity index (χ0n) is 11.1. The smallest absolute Gasteiger partial charge is 0.172 e. The fourth-order valence-corrected chi connectivity index (χ4v) is 2.71. The Morgan fingerprint density at radius 2 is 1.75 bits per heavy atom. The van der Waals surface area contributed by atoms with Crippen LogP contribution in [0.4, 0.5) is 0 Å². The highest BCUT2D eigenvalue weighted by Crippen LogP contribution is 2.18. The minimum absolute atomic E-state index is 0.131. The van der Waals surface area contributed by atoms with E-state index < -0.39 is 0 Å². The first-order valence-corrected chi connectivity index (χ1v) is 7.72. The number of hydrogen-bond acceptors (Lipinski definition) is 3. The van der Waals surface area contributed by atoms with E-state index in [1.54, 1.807) is 43.1 Å². The molecule has 2 aromatic carbocycles. The summed E-state index contributed by atoms with van der Waals surface area (Å²) in [4.78, 5) is 12.0. The monoisotopic (exact) mass is 306 g/mol. The van der Waals surface area contributed by atoms with Gasteiger partial charge >= 0.3 is 0 Å². The molecule has 4 heteroatoms. The van der Waals surface area contributed by atoms with Gasteiger partial charge in [0.15, 0.2) is 5.78 Å². The third kappa shape index (κ3) is 4.29. The van der Waals surface area contributed by atoms with E-state index in [4.69, 9.17) is 16.3 Å². The second kappa shape index (κ2) is 7.36. The van der Waals surface area contributed by atoms with Gasteiger partial charge in [0.25, 0.3) is 0 Å². The molecule has 0 aliphatic carbocycles. The second-order valence-electron chi connectivity index (χ2n) is 4.27. The summed E-state index contributed by atoms with van der Waals surface area (Å²) in [5.41, 5.74) is 1.89. The van der Waals surface area contributed by atoms with Crippen molar-refractivity contribution in [2.45, 2.75) is 5.75 Å². The highest BCUT2D eigenvalue weighted by Gasteiger charge is 2.06. The van der Waals surface area contributed by atoms with Gasteiger partial charge in [0.05, 0.1) is 12.9 Å². The van der Waals surface area contributed by atoms with Crippen LogP contribution in [0, 0.1) is 0 Å². The van der Waals surface area contributed by atoms with Crippen molar-refractivity contribution in [3.8, 4) is 5.75 Å². The number of carbonyl (C=O) groups excluding carboxylic acids is 1. The first-order valence-electron chi connectivity index (χ1n) is 6.18. The maximum absolute atomic E-state index is 12.0. The standard InChI is InChI=1S/C16H15ClO2S/c1-19-15-8-4-13(5-9-15)16(18)11-20-10-12-2-6-14(17)7-3-12/h2-9H,10-11H2,1H3. The third-order valence-corrected chi connectivity index (χ3v) is 4.08. The van der Waals surface area contributed by atoms with Gasteiger partial charge in [0, 0.05) is 16.3 Å². The molecule has 0 aliphatic rings. The second-order valence-corrected chi connectivity index (χ2v) is 5.69. The number of carbonyl (C=O) groups is 1. The van der Waals surface area contributed by atoms with Crippen molar-refractivity contribution in [3.63, 3.8) is 0 Å². The topological polar surface area (TPSA) is 26.3 Å². The molecule has 2 aromatic rings. The molecule has 0 bridgehead atoms. The molecule has 0 spiro atoms. The lowest BCUT2D eigenvalue weighted by molar-refractivity contribution is 0.102. The summed E-state index contributed by atoms with van der Waals surface area (Å²) in [6.07, 6.45) is 0. The van der Waals surface area contributed by atoms with Crippen LogP contribution in [0.15, 0.2) is 48.5 Å². The molecule has 2 rings (SSSR count). The molecule has 0 aromatic heterocycles. The first-order chi connectivity index (χ1) is 9.69. The molecule has 0 unspecified atom stereocenters. The Morgan fingerprint density at radius 1 is 1.10 bits per heavy atom. The van der Waals surface area contributed by atoms with Crippen molar-refractivity contribution in [2.24, 2.45) is 0 Å². The molecule has 0 radical (unpaired) electrons. The van der Waals surface area contributed by atoms with Crippen LogP contribution in [0.3, 0.4) is 0 Å². The van der Waals surface area contributed by atoms with Gasteiger partial charge in [0.1, 0.15) is 5.75 Å². The molecular weight excluding hydrogens is 292 g/mol. The third-order valence-electron chi connectivity index (χ3n) is 2.83. The Hall–Kier alpha value is -1.45. The van der Waals surface area contributed by atoms with Crippen molar-refractivity contribution in [1.29, 1.82) is 0 Å². The highest BCUT2D eigenvalue weighted by atomic mass is 35.5. The maximum atomic E-state index is 12.0. The number of methoxy groups -OCH3 is 1. The number of halogens is 1. The number of Topliss-reactive ketones (excluding diaryl/α,β-unsaturated/α-hetero) is 1. The van der Waals surface area contributed by atoms with Gasteiger partial charge < -0.3 is 4.74 Å². The van der Waals surface area contributed by atoms with Gasteiger partial charge in [-0.1, -0.05) is 23.7 Å². The SMILES string of the molecule is COc1ccc(C(=O)CSCc2ccc(Cl)cc2)cc1. The van der Waals surface area contributed by atoms with Crippen molar-refractivity contribution in [2.75, 3.05) is 12.9 Å². The summed E-state index contributed by atoms with van der Waals surface area (Å²) in [6.45, 7) is 0. The van der Waals surface area contributed by atoms with Gasteiger partial charge in [-0.25, -0.2) is 0 Å². The number of ether oxygens (including phenoxy) is 1. The molecule has 2 nitrogen and oxygen atoms in total. The molecule has 0 atom stereocenters. The van der Waals surface area contributed by atoms with Gasteiger partial charge in [-0.15, -0.1) is 11.8 Å². The average molecular weight is 307 g/mol. The zero-order chi connectivity index (χ0) is 14.4. The number of rotatable bonds is 6. The summed E-state index contributed by atoms with van der Waals surface area (Å²) >= 11 is 7.43. The number of ketones is 1. The fraction of sp³-hybridized carbons (Fsp3) is 0.188. The summed E-state index contributed by atoms with van der Waals surface area (Å²) in [5, 5.41) is 0.730. The van der Waals surface area contributed by atoms with E-state index in [-0.39, 0.29) is 5.78 Å². The molecule has 0 fully saturated rings. The maximum Gasteiger partial charge on any atom is 0.172 e. The summed E-state index contributed by atoms with van der Waals surface area (Å²) in [7, 11) is 1.61. The van der Waals surface area contributed by atoms with Gasteiger partial charge in [-0.05, 0) is 42.0 Å². The predicted octanol–water partition coefficient (Wildman–Crippen LogP) is 4.46. The average Bonchev–Trinajstić information content (AvgIpc) is 2.49. The molecule has 0 N–H and O–H groups in total. The minimum Gasteiger partial charge on any atom is -0.497 e. The highest BCUT2D eigenvalue weighted by molar-refractivity contribution is 7.99. The molecule has 0 saturated carbocycles. The Labute approximate surface area is 128 Å². The Kier molecular flexibility index (Phi) is 5.50. The van der Waals surface area contributed by atoms with Crippen molar-refractivity contribution >= 4 is 29.1 Å². The lowest BCUT2D eigenvalue weighted by Crippen LogP contribution is -2.02. The van der Waals surface area contributed by atoms with Crippen LogP contribution >= 0.6 is 23.4 Å². The lowest BCUT2D eigenvalue weighted by atomic mass is 10.1. The predicted molar refractivity (Wildman–Crippen MR) is 84.9 cm³/mol. The van der Waals surface area contributed by atoms with Crippen molar-refractivity contribution in [1.82, 2.24) is 0 Å². The molecular formula is C16H15ClO2S. The van der Waals surface area contributed by atoms with Crippen LogP contribution < -0.4 is 4.74 Å². The Bertz CT molecular complexity index is 564. The Morgan fingerprint density at radius 3 is 2.35 bits per heavy atom. The van der Waals surface area contributed by atoms with Gasteiger partial charge in [-0.3, -0.25) is 4.79 Å². The normalized spacial score (nSPS) is 10.3. The van der Waals surface area contributed by atoms with Crippen LogP contribution in [0.25, 0.3) is 0 Å². The summed E-state index contributed by atoms with van der Waals surface area (Å²) in [6, 6.07) is 14.9. The van der Waals surface area contributed by atoms with Crippen LogP contribution in [0.1, 0.15) is 15.9 Å². The van der Waals surface area contributed by atoms with E-state index in [1.807, 2.05) is 24.3 Å². The minimum atomic E-state index is 0.131. The van der Waals surface area contributed by atoms with E-state index >= 15 is 0 Å². The van der Waals surface area contributed by atoms with Gasteiger partial charge in [-0.2, -0.15) is 0 Å². The first kappa shape index (κ1) is 14.9. The van der Waals surface area contributed by atoms with Crippen LogP contribution in [0.5, 0.6) is 5.75 Å². The van der Waals surface area contributed by atoms with E-state index in [9.17, 15) is 4.79 Å². The van der Waals surface area contributed by atoms with Crippen molar-refractivity contribution < 1.29 is 9.53 Å². The molecule has 0 amide bonds. The lowest BCUT2D eigenvalue weighted by Gasteiger charge is -2.04. The van der Waals surface area contributed by atoms with E-state index in [0.29, 0.717) is 5.75 Å². The van der Waals surface area contributed by atoms with E-state index in [2.05, 4.69) is 0 Å². The molecule has 0 aliphatic heterocycles. The molecule has 104 valence electrons. The summed E-state index contributed by atoms with van der Waals surface area (Å²) in [5.74, 6) is 2.16.